The molecule has 1 aliphatic heterocycles. The second-order valence-electron chi connectivity index (χ2n) is 4.64. The molecule has 2 amide bonds. The summed E-state index contributed by atoms with van der Waals surface area (Å²) in [5, 5.41) is 2.86. The van der Waals surface area contributed by atoms with Gasteiger partial charge in [0.25, 0.3) is 0 Å². The molecule has 1 aliphatic carbocycles. The number of carbonyl (C=O) groups excluding carboxylic acids is 2. The highest BCUT2D eigenvalue weighted by atomic mass is 16.2. The molecule has 1 saturated carbocycles. The van der Waals surface area contributed by atoms with Crippen LogP contribution in [0, 0.1) is 17.8 Å². The molecule has 1 saturated heterocycles. The summed E-state index contributed by atoms with van der Waals surface area (Å²) in [7, 11) is 0. The minimum Gasteiger partial charge on any atom is -0.342 e. The molecule has 4 nitrogen and oxygen atoms in total. The summed E-state index contributed by atoms with van der Waals surface area (Å²) in [4.78, 5) is 25.8. The van der Waals surface area contributed by atoms with Crippen molar-refractivity contribution in [1.82, 2.24) is 10.2 Å². The lowest BCUT2D eigenvalue weighted by Gasteiger charge is -2.37. The maximum atomic E-state index is 12.3. The quantitative estimate of drug-likeness (QED) is 0.724. The lowest BCUT2D eigenvalue weighted by molar-refractivity contribution is -0.149. The molecule has 92 valence electrons. The molecule has 4 heteroatoms. The largest absolute Gasteiger partial charge is 0.342 e. The third kappa shape index (κ3) is 2.28. The fraction of sp³-hybridized carbons (Fsp3) is 0.692. The number of hydrogen-bond acceptors (Lipinski definition) is 2. The van der Waals surface area contributed by atoms with Crippen molar-refractivity contribution in [2.75, 3.05) is 6.54 Å². The van der Waals surface area contributed by atoms with E-state index in [4.69, 9.17) is 0 Å². The fourth-order valence-corrected chi connectivity index (χ4v) is 2.29. The molecular weight excluding hydrogens is 216 g/mol. The first kappa shape index (κ1) is 12.0. The van der Waals surface area contributed by atoms with Gasteiger partial charge in [0.2, 0.25) is 11.8 Å². The lowest BCUT2D eigenvalue weighted by atomic mass is 10.0. The van der Waals surface area contributed by atoms with Crippen molar-refractivity contribution in [3.63, 3.8) is 0 Å². The fourth-order valence-electron chi connectivity index (χ4n) is 2.29. The van der Waals surface area contributed by atoms with Gasteiger partial charge in [-0.05, 0) is 32.1 Å². The number of nitrogens with zero attached hydrogens (tertiary/aromatic N) is 1. The second-order valence-corrected chi connectivity index (χ2v) is 4.64. The molecule has 0 spiro atoms. The number of carbonyl (C=O) groups is 2. The zero-order chi connectivity index (χ0) is 12.4. The average Bonchev–Trinajstić information content (AvgIpc) is 3.13. The number of piperazine rings is 1. The molecule has 0 radical (unpaired) electrons. The van der Waals surface area contributed by atoms with E-state index in [9.17, 15) is 9.59 Å². The van der Waals surface area contributed by atoms with Gasteiger partial charge < -0.3 is 10.2 Å². The molecular formula is C13H18N2O2. The normalized spacial score (nSPS) is 28.5. The Bertz CT molecular complexity index is 390. The number of nitrogens with one attached hydrogen (secondary N) is 1. The number of rotatable bonds is 3. The highest BCUT2D eigenvalue weighted by Gasteiger charge is 2.45. The smallest absolute Gasteiger partial charge is 0.246 e. The number of hydrogen-bond donors (Lipinski definition) is 1. The Morgan fingerprint density at radius 2 is 2.12 bits per heavy atom. The monoisotopic (exact) mass is 234 g/mol. The molecule has 0 bridgehead atoms. The third-order valence-corrected chi connectivity index (χ3v) is 3.43. The van der Waals surface area contributed by atoms with E-state index in [1.165, 1.54) is 0 Å². The molecule has 1 N–H and O–H groups in total. The molecule has 0 aromatic heterocycles. The molecule has 1 heterocycles. The molecule has 17 heavy (non-hydrogen) atoms. The Morgan fingerprint density at radius 3 is 2.65 bits per heavy atom. The maximum Gasteiger partial charge on any atom is 0.246 e. The van der Waals surface area contributed by atoms with Gasteiger partial charge in [-0.25, -0.2) is 0 Å². The van der Waals surface area contributed by atoms with Crippen LogP contribution in [0.15, 0.2) is 0 Å². The van der Waals surface area contributed by atoms with Gasteiger partial charge in [-0.3, -0.25) is 9.59 Å². The summed E-state index contributed by atoms with van der Waals surface area (Å²) in [5.74, 6) is 6.03. The van der Waals surface area contributed by atoms with Crippen LogP contribution in [-0.4, -0.2) is 35.3 Å². The predicted octanol–water partition coefficient (Wildman–Crippen LogP) is 0.525. The molecule has 0 aromatic rings. The first-order chi connectivity index (χ1) is 8.19. The maximum absolute atomic E-state index is 12.3. The van der Waals surface area contributed by atoms with E-state index in [0.717, 1.165) is 12.8 Å². The Labute approximate surface area is 102 Å². The van der Waals surface area contributed by atoms with Gasteiger partial charge in [0, 0.05) is 0 Å². The van der Waals surface area contributed by atoms with Crippen LogP contribution < -0.4 is 5.32 Å². The second kappa shape index (κ2) is 4.79. The van der Waals surface area contributed by atoms with Crippen LogP contribution in [0.5, 0.6) is 0 Å². The van der Waals surface area contributed by atoms with Crippen LogP contribution in [0.3, 0.4) is 0 Å². The Morgan fingerprint density at radius 1 is 1.41 bits per heavy atom. The SMILES string of the molecule is CC#CCN1C(=O)C(C2CC2)NC(=O)C1CC. The summed E-state index contributed by atoms with van der Waals surface area (Å²) in [6.07, 6.45) is 2.72. The average molecular weight is 234 g/mol. The van der Waals surface area contributed by atoms with Crippen molar-refractivity contribution in [2.24, 2.45) is 5.92 Å². The van der Waals surface area contributed by atoms with Gasteiger partial charge in [0.15, 0.2) is 0 Å². The van der Waals surface area contributed by atoms with Crippen LogP contribution in [0.1, 0.15) is 33.1 Å². The first-order valence-electron chi connectivity index (χ1n) is 6.19. The summed E-state index contributed by atoms with van der Waals surface area (Å²) in [6.45, 7) is 4.03. The van der Waals surface area contributed by atoms with E-state index in [0.29, 0.717) is 18.9 Å². The van der Waals surface area contributed by atoms with Crippen molar-refractivity contribution in [1.29, 1.82) is 0 Å². The standard InChI is InChI=1S/C13H18N2O2/c1-3-5-8-15-10(4-2)12(16)14-11(13(15)17)9-6-7-9/h9-11H,4,6-8H2,1-2H3,(H,14,16). The van der Waals surface area contributed by atoms with E-state index in [1.807, 2.05) is 6.92 Å². The van der Waals surface area contributed by atoms with Crippen LogP contribution in [0.2, 0.25) is 0 Å². The molecule has 2 unspecified atom stereocenters. The van der Waals surface area contributed by atoms with Crippen LogP contribution >= 0.6 is 0 Å². The molecule has 2 atom stereocenters. The number of amides is 2. The van der Waals surface area contributed by atoms with E-state index < -0.39 is 0 Å². The van der Waals surface area contributed by atoms with Crippen molar-refractivity contribution < 1.29 is 9.59 Å². The molecule has 2 fully saturated rings. The van der Waals surface area contributed by atoms with E-state index in [2.05, 4.69) is 17.2 Å². The predicted molar refractivity (Wildman–Crippen MR) is 63.9 cm³/mol. The Kier molecular flexibility index (Phi) is 3.37. The zero-order valence-corrected chi connectivity index (χ0v) is 10.3. The molecule has 0 aromatic carbocycles. The summed E-state index contributed by atoms with van der Waals surface area (Å²) in [5.41, 5.74) is 0. The van der Waals surface area contributed by atoms with Crippen LogP contribution in [-0.2, 0) is 9.59 Å². The van der Waals surface area contributed by atoms with E-state index in [-0.39, 0.29) is 23.9 Å². The van der Waals surface area contributed by atoms with Gasteiger partial charge in [0.1, 0.15) is 12.1 Å². The summed E-state index contributed by atoms with van der Waals surface area (Å²) in [6, 6.07) is -0.651. The van der Waals surface area contributed by atoms with Gasteiger partial charge in [-0.15, -0.1) is 5.92 Å². The van der Waals surface area contributed by atoms with Crippen molar-refractivity contribution >= 4 is 11.8 Å². The van der Waals surface area contributed by atoms with Crippen molar-refractivity contribution in [3.05, 3.63) is 0 Å². The summed E-state index contributed by atoms with van der Waals surface area (Å²) >= 11 is 0. The van der Waals surface area contributed by atoms with E-state index >= 15 is 0 Å². The Balaban J connectivity index is 2.17. The van der Waals surface area contributed by atoms with E-state index in [1.54, 1.807) is 11.8 Å². The topological polar surface area (TPSA) is 49.4 Å². The van der Waals surface area contributed by atoms with Gasteiger partial charge in [0.05, 0.1) is 6.54 Å². The molecule has 2 aliphatic rings. The van der Waals surface area contributed by atoms with Crippen molar-refractivity contribution in [2.45, 2.75) is 45.2 Å². The minimum absolute atomic E-state index is 0.0260. The van der Waals surface area contributed by atoms with Crippen molar-refractivity contribution in [3.8, 4) is 11.8 Å². The van der Waals surface area contributed by atoms with Crippen LogP contribution in [0.25, 0.3) is 0 Å². The Hall–Kier alpha value is -1.50. The summed E-state index contributed by atoms with van der Waals surface area (Å²) < 4.78 is 0. The van der Waals surface area contributed by atoms with Gasteiger partial charge >= 0.3 is 0 Å². The third-order valence-electron chi connectivity index (χ3n) is 3.43. The van der Waals surface area contributed by atoms with Gasteiger partial charge in [-0.2, -0.15) is 0 Å². The highest BCUT2D eigenvalue weighted by Crippen LogP contribution is 2.35. The molecule has 2 rings (SSSR count). The van der Waals surface area contributed by atoms with Crippen LogP contribution in [0.4, 0.5) is 0 Å². The zero-order valence-electron chi connectivity index (χ0n) is 10.3. The first-order valence-corrected chi connectivity index (χ1v) is 6.19. The highest BCUT2D eigenvalue weighted by molar-refractivity contribution is 5.97. The minimum atomic E-state index is -0.349. The van der Waals surface area contributed by atoms with Gasteiger partial charge in [-0.1, -0.05) is 12.8 Å². The lowest BCUT2D eigenvalue weighted by Crippen LogP contribution is -2.63.